The molecule has 70 valence electrons. The zero-order chi connectivity index (χ0) is 9.82. The molecule has 0 aliphatic heterocycles. The summed E-state index contributed by atoms with van der Waals surface area (Å²) >= 11 is 0.125. The number of carboxylic acids is 1. The van der Waals surface area contributed by atoms with E-state index in [0.29, 0.717) is 6.42 Å². The maximum absolute atomic E-state index is 10.0. The van der Waals surface area contributed by atoms with Gasteiger partial charge in [0, 0.05) is 25.9 Å². The molecule has 0 rings (SSSR count). The van der Waals surface area contributed by atoms with E-state index < -0.39 is 5.97 Å². The molecular formula is C8H16O3Zn2. The minimum absolute atomic E-state index is 0. The van der Waals surface area contributed by atoms with E-state index in [2.05, 4.69) is 6.92 Å². The van der Waals surface area contributed by atoms with E-state index >= 15 is 0 Å². The monoisotopic (exact) mass is 288 g/mol. The first-order valence-electron chi connectivity index (χ1n) is 4.28. The average Bonchev–Trinajstić information content (AvgIpc) is 2.07. The summed E-state index contributed by atoms with van der Waals surface area (Å²) in [6.45, 7) is 2.15. The molecule has 13 heavy (non-hydrogen) atoms. The van der Waals surface area contributed by atoms with E-state index in [4.69, 9.17) is 8.68 Å². The van der Waals surface area contributed by atoms with Crippen LogP contribution in [0.15, 0.2) is 0 Å². The standard InChI is InChI=1S/C8H16O2.O.2Zn/c1-2-3-4-5-6-7-8(9)10;;;/h2-7H2,1H3,(H,9,10);;;. The number of rotatable bonds is 6. The summed E-state index contributed by atoms with van der Waals surface area (Å²) in [4.78, 5) is 10.0. The predicted molar refractivity (Wildman–Crippen MR) is 41.7 cm³/mol. The van der Waals surface area contributed by atoms with E-state index in [1.165, 1.54) is 19.3 Å². The molecule has 0 bridgehead atoms. The predicted octanol–water partition coefficient (Wildman–Crippen LogP) is 2.31. The van der Waals surface area contributed by atoms with Crippen LogP contribution >= 0.6 is 0 Å². The molecule has 0 aliphatic rings. The minimum Gasteiger partial charge on any atom is 0 e. The molecule has 0 aliphatic carbocycles. The molecule has 0 atom stereocenters. The molecule has 0 saturated heterocycles. The first-order chi connectivity index (χ1) is 5.77. The summed E-state index contributed by atoms with van der Waals surface area (Å²) in [6.07, 6.45) is 5.88. The molecular weight excluding hydrogens is 275 g/mol. The van der Waals surface area contributed by atoms with Crippen molar-refractivity contribution in [1.29, 1.82) is 0 Å². The number of hydrogen-bond donors (Lipinski definition) is 1. The first kappa shape index (κ1) is 19.1. The van der Waals surface area contributed by atoms with Gasteiger partial charge in [0.1, 0.15) is 0 Å². The van der Waals surface area contributed by atoms with E-state index in [-0.39, 0.29) is 37.7 Å². The van der Waals surface area contributed by atoms with Crippen LogP contribution in [0.3, 0.4) is 0 Å². The number of carbonyl (C=O) groups is 1. The molecule has 0 heterocycles. The van der Waals surface area contributed by atoms with Crippen molar-refractivity contribution in [3.63, 3.8) is 0 Å². The summed E-state index contributed by atoms with van der Waals surface area (Å²) in [6, 6.07) is 0. The van der Waals surface area contributed by atoms with E-state index in [1.54, 1.807) is 0 Å². The van der Waals surface area contributed by atoms with Gasteiger partial charge >= 0.3 is 27.8 Å². The van der Waals surface area contributed by atoms with Crippen molar-refractivity contribution in [2.75, 3.05) is 0 Å². The zero-order valence-electron chi connectivity index (χ0n) is 8.42. The Morgan fingerprint density at radius 1 is 1.15 bits per heavy atom. The molecule has 5 heteroatoms. The Kier molecular flexibility index (Phi) is 27.0. The molecule has 0 unspecified atom stereocenters. The van der Waals surface area contributed by atoms with E-state index in [9.17, 15) is 4.79 Å². The molecule has 0 aromatic heterocycles. The number of carboxylic acid groups (broad SMARTS) is 1. The smallest absolute Gasteiger partial charge is 0 e. The number of unbranched alkanes of at least 4 members (excludes halogenated alkanes) is 4. The summed E-state index contributed by atoms with van der Waals surface area (Å²) in [5.74, 6) is -0.670. The largest absolute Gasteiger partial charge is 0 e. The Bertz CT molecular complexity index is 110. The summed E-state index contributed by atoms with van der Waals surface area (Å²) < 4.78 is 8.38. The Labute approximate surface area is 102 Å². The molecule has 0 aromatic carbocycles. The van der Waals surface area contributed by atoms with Crippen molar-refractivity contribution in [2.45, 2.75) is 45.4 Å². The second-order valence-corrected chi connectivity index (χ2v) is 2.56. The third-order valence-electron chi connectivity index (χ3n) is 1.49. The maximum Gasteiger partial charge on any atom is 0 e. The molecule has 0 fully saturated rings. The summed E-state index contributed by atoms with van der Waals surface area (Å²) in [5.41, 5.74) is 0. The molecule has 3 nitrogen and oxygen atoms in total. The van der Waals surface area contributed by atoms with Crippen LogP contribution in [0, 0.1) is 0 Å². The molecule has 0 saturated carbocycles. The van der Waals surface area contributed by atoms with Crippen LogP contribution in [0.2, 0.25) is 0 Å². The fraction of sp³-hybridized carbons (Fsp3) is 0.875. The minimum atomic E-state index is -0.670. The van der Waals surface area contributed by atoms with Gasteiger partial charge in [-0.3, -0.25) is 4.79 Å². The SMILES string of the molecule is CCCCCCCC(=O)O.[O]=[Zn].[Zn]. The van der Waals surface area contributed by atoms with Crippen LogP contribution in [0.5, 0.6) is 0 Å². The van der Waals surface area contributed by atoms with Crippen LogP contribution < -0.4 is 0 Å². The third kappa shape index (κ3) is 24.5. The fourth-order valence-electron chi connectivity index (χ4n) is 0.880. The third-order valence-corrected chi connectivity index (χ3v) is 1.49. The van der Waals surface area contributed by atoms with Crippen LogP contribution in [-0.4, -0.2) is 11.1 Å². The van der Waals surface area contributed by atoms with Crippen LogP contribution in [0.4, 0.5) is 0 Å². The van der Waals surface area contributed by atoms with Crippen molar-refractivity contribution >= 4 is 5.97 Å². The first-order valence-corrected chi connectivity index (χ1v) is 5.49. The van der Waals surface area contributed by atoms with Gasteiger partial charge in [-0.05, 0) is 6.42 Å². The van der Waals surface area contributed by atoms with Crippen LogP contribution in [0.1, 0.15) is 45.4 Å². The topological polar surface area (TPSA) is 54.4 Å². The normalized spacial score (nSPS) is 7.92. The average molecular weight is 291 g/mol. The Balaban J connectivity index is -0.000000309. The Morgan fingerprint density at radius 2 is 1.62 bits per heavy atom. The Hall–Kier alpha value is 0.517. The van der Waals surface area contributed by atoms with Gasteiger partial charge in [0.25, 0.3) is 0 Å². The number of hydrogen-bond acceptors (Lipinski definition) is 2. The van der Waals surface area contributed by atoms with Gasteiger partial charge in [0.15, 0.2) is 0 Å². The molecule has 0 aromatic rings. The molecule has 0 spiro atoms. The fourth-order valence-corrected chi connectivity index (χ4v) is 0.880. The molecule has 1 N–H and O–H groups in total. The van der Waals surface area contributed by atoms with Crippen molar-refractivity contribution < 1.29 is 51.2 Å². The van der Waals surface area contributed by atoms with Crippen molar-refractivity contribution in [1.82, 2.24) is 0 Å². The number of aliphatic carboxylic acids is 1. The van der Waals surface area contributed by atoms with Gasteiger partial charge < -0.3 is 5.11 Å². The van der Waals surface area contributed by atoms with Gasteiger partial charge in [-0.15, -0.1) is 0 Å². The zero-order valence-corrected chi connectivity index (χ0v) is 14.4. The van der Waals surface area contributed by atoms with Gasteiger partial charge in [-0.2, -0.15) is 0 Å². The second kappa shape index (κ2) is 18.3. The summed E-state index contributed by atoms with van der Waals surface area (Å²) in [7, 11) is 0. The summed E-state index contributed by atoms with van der Waals surface area (Å²) in [5, 5.41) is 8.27. The maximum atomic E-state index is 10.0. The Morgan fingerprint density at radius 3 is 2.00 bits per heavy atom. The quantitative estimate of drug-likeness (QED) is 0.603. The van der Waals surface area contributed by atoms with Crippen molar-refractivity contribution in [3.8, 4) is 0 Å². The molecule has 0 radical (unpaired) electrons. The van der Waals surface area contributed by atoms with E-state index in [0.717, 1.165) is 12.8 Å². The van der Waals surface area contributed by atoms with Crippen molar-refractivity contribution in [2.24, 2.45) is 0 Å². The van der Waals surface area contributed by atoms with Crippen LogP contribution in [-0.2, 0) is 46.1 Å². The van der Waals surface area contributed by atoms with Crippen molar-refractivity contribution in [3.05, 3.63) is 0 Å². The van der Waals surface area contributed by atoms with Gasteiger partial charge in [0.05, 0.1) is 0 Å². The van der Waals surface area contributed by atoms with Gasteiger partial charge in [-0.1, -0.05) is 32.6 Å². The second-order valence-electron chi connectivity index (χ2n) is 2.56. The van der Waals surface area contributed by atoms with Gasteiger partial charge in [0.2, 0.25) is 0 Å². The van der Waals surface area contributed by atoms with Crippen LogP contribution in [0.25, 0.3) is 0 Å². The van der Waals surface area contributed by atoms with E-state index in [1.807, 2.05) is 0 Å². The molecule has 0 amide bonds. The van der Waals surface area contributed by atoms with Gasteiger partial charge in [-0.25, -0.2) is 0 Å².